The van der Waals surface area contributed by atoms with Crippen molar-refractivity contribution in [3.05, 3.63) is 119 Å². The molecule has 176 valence electrons. The minimum Gasteiger partial charge on any atom is -0.503 e. The Morgan fingerprint density at radius 3 is 2.26 bits per heavy atom. The molecule has 35 heavy (non-hydrogen) atoms. The number of amides is 1. The summed E-state index contributed by atoms with van der Waals surface area (Å²) in [6.45, 7) is 4.12. The van der Waals surface area contributed by atoms with Gasteiger partial charge >= 0.3 is 5.97 Å². The van der Waals surface area contributed by atoms with Gasteiger partial charge in [-0.15, -0.1) is 0 Å². The average Bonchev–Trinajstić information content (AvgIpc) is 3.13. The van der Waals surface area contributed by atoms with E-state index in [2.05, 4.69) is 13.8 Å². The van der Waals surface area contributed by atoms with E-state index >= 15 is 0 Å². The van der Waals surface area contributed by atoms with Crippen molar-refractivity contribution in [3.8, 4) is 0 Å². The highest BCUT2D eigenvalue weighted by molar-refractivity contribution is 6.20. The largest absolute Gasteiger partial charge is 0.503 e. The van der Waals surface area contributed by atoms with E-state index in [1.165, 1.54) is 29.2 Å². The van der Waals surface area contributed by atoms with Gasteiger partial charge in [0.25, 0.3) is 5.91 Å². The van der Waals surface area contributed by atoms with Crippen molar-refractivity contribution in [1.29, 1.82) is 0 Å². The minimum absolute atomic E-state index is 0.00699. The Hall–Kier alpha value is -4.45. The van der Waals surface area contributed by atoms with Crippen molar-refractivity contribution in [3.63, 3.8) is 0 Å². The molecule has 0 aliphatic carbocycles. The molecule has 4 rings (SSSR count). The number of aliphatic hydroxyl groups excluding tert-OH is 1. The number of anilines is 1. The van der Waals surface area contributed by atoms with Crippen LogP contribution in [0.3, 0.4) is 0 Å². The van der Waals surface area contributed by atoms with Crippen LogP contribution < -0.4 is 4.90 Å². The SMILES string of the molecule is CC(C)c1ccc([C@@H]2C(C(=O)C=Cc3ccccc3)=C(O)C(=O)N2c2cccc(C(=O)O)c2)cc1. The van der Waals surface area contributed by atoms with Crippen LogP contribution in [0.5, 0.6) is 0 Å². The molecule has 1 amide bonds. The van der Waals surface area contributed by atoms with Crippen molar-refractivity contribution >= 4 is 29.4 Å². The Labute approximate surface area is 203 Å². The zero-order valence-corrected chi connectivity index (χ0v) is 19.4. The quantitative estimate of drug-likeness (QED) is 0.435. The highest BCUT2D eigenvalue weighted by atomic mass is 16.4. The third-order valence-electron chi connectivity index (χ3n) is 5.99. The van der Waals surface area contributed by atoms with Crippen LogP contribution in [0, 0.1) is 0 Å². The molecule has 0 fully saturated rings. The third-order valence-corrected chi connectivity index (χ3v) is 5.99. The second-order valence-corrected chi connectivity index (χ2v) is 8.63. The Bertz CT molecular complexity index is 1340. The van der Waals surface area contributed by atoms with Crippen LogP contribution >= 0.6 is 0 Å². The second kappa shape index (κ2) is 9.81. The minimum atomic E-state index is -1.14. The number of aromatic carboxylic acids is 1. The summed E-state index contributed by atoms with van der Waals surface area (Å²) in [5.41, 5.74) is 2.72. The molecule has 1 heterocycles. The van der Waals surface area contributed by atoms with Gasteiger partial charge in [0.05, 0.1) is 17.2 Å². The Morgan fingerprint density at radius 1 is 0.943 bits per heavy atom. The lowest BCUT2D eigenvalue weighted by Gasteiger charge is -2.27. The number of rotatable bonds is 7. The second-order valence-electron chi connectivity index (χ2n) is 8.63. The van der Waals surface area contributed by atoms with Gasteiger partial charge in [-0.1, -0.05) is 80.6 Å². The molecule has 3 aromatic carbocycles. The molecule has 1 atom stereocenters. The summed E-state index contributed by atoms with van der Waals surface area (Å²) >= 11 is 0. The lowest BCUT2D eigenvalue weighted by molar-refractivity contribution is -0.117. The molecule has 0 unspecified atom stereocenters. The van der Waals surface area contributed by atoms with Gasteiger partial charge in [-0.25, -0.2) is 4.79 Å². The van der Waals surface area contributed by atoms with Crippen molar-refractivity contribution < 1.29 is 24.6 Å². The molecule has 2 N–H and O–H groups in total. The first kappa shape index (κ1) is 23.7. The van der Waals surface area contributed by atoms with Gasteiger partial charge in [0.2, 0.25) is 0 Å². The molecule has 0 spiro atoms. The number of carboxylic acids is 1. The lowest BCUT2D eigenvalue weighted by Crippen LogP contribution is -2.31. The number of aliphatic hydroxyl groups is 1. The fraction of sp³-hybridized carbons (Fsp3) is 0.138. The maximum atomic E-state index is 13.3. The number of hydrogen-bond donors (Lipinski definition) is 2. The molecule has 6 heteroatoms. The van der Waals surface area contributed by atoms with Gasteiger partial charge in [-0.05, 0) is 46.9 Å². The van der Waals surface area contributed by atoms with Gasteiger partial charge in [-0.3, -0.25) is 14.5 Å². The first-order chi connectivity index (χ1) is 16.8. The number of carbonyl (C=O) groups is 3. The van der Waals surface area contributed by atoms with E-state index in [0.717, 1.165) is 11.1 Å². The number of carboxylic acid groups (broad SMARTS) is 1. The van der Waals surface area contributed by atoms with Crippen LogP contribution in [0.25, 0.3) is 6.08 Å². The maximum Gasteiger partial charge on any atom is 0.335 e. The van der Waals surface area contributed by atoms with Crippen LogP contribution in [0.4, 0.5) is 5.69 Å². The molecular formula is C29H25NO5. The van der Waals surface area contributed by atoms with E-state index in [-0.39, 0.29) is 22.7 Å². The van der Waals surface area contributed by atoms with Gasteiger partial charge in [0.1, 0.15) is 0 Å². The molecule has 6 nitrogen and oxygen atoms in total. The zero-order chi connectivity index (χ0) is 25.1. The standard InChI is InChI=1S/C29H25NO5/c1-18(2)20-12-14-21(15-13-20)26-25(24(31)16-11-19-7-4-3-5-8-19)27(32)28(33)30(26)23-10-6-9-22(17-23)29(34)35/h3-18,26,32H,1-2H3,(H,34,35)/t26-/m1/s1. The number of carbonyl (C=O) groups excluding carboxylic acids is 2. The summed E-state index contributed by atoms with van der Waals surface area (Å²) < 4.78 is 0. The maximum absolute atomic E-state index is 13.3. The molecule has 1 aliphatic heterocycles. The molecule has 3 aromatic rings. The van der Waals surface area contributed by atoms with Crippen LogP contribution in [-0.2, 0) is 9.59 Å². The van der Waals surface area contributed by atoms with Crippen molar-refractivity contribution in [2.45, 2.75) is 25.8 Å². The topological polar surface area (TPSA) is 94.9 Å². The van der Waals surface area contributed by atoms with E-state index in [1.807, 2.05) is 54.6 Å². The van der Waals surface area contributed by atoms with E-state index in [1.54, 1.807) is 12.1 Å². The van der Waals surface area contributed by atoms with Gasteiger partial charge < -0.3 is 10.2 Å². The van der Waals surface area contributed by atoms with E-state index in [4.69, 9.17) is 0 Å². The van der Waals surface area contributed by atoms with Crippen molar-refractivity contribution in [2.24, 2.45) is 0 Å². The molecule has 0 aromatic heterocycles. The van der Waals surface area contributed by atoms with Crippen molar-refractivity contribution in [2.75, 3.05) is 4.90 Å². The Kier molecular flexibility index (Phi) is 6.64. The lowest BCUT2D eigenvalue weighted by atomic mass is 9.93. The highest BCUT2D eigenvalue weighted by Gasteiger charge is 2.43. The highest BCUT2D eigenvalue weighted by Crippen LogP contribution is 2.41. The molecule has 0 saturated heterocycles. The van der Waals surface area contributed by atoms with E-state index < -0.39 is 29.5 Å². The number of ketones is 1. The number of allylic oxidation sites excluding steroid dienone is 1. The summed E-state index contributed by atoms with van der Waals surface area (Å²) in [5, 5.41) is 20.3. The van der Waals surface area contributed by atoms with Crippen molar-refractivity contribution in [1.82, 2.24) is 0 Å². The number of hydrogen-bond acceptors (Lipinski definition) is 4. The monoisotopic (exact) mass is 467 g/mol. The Balaban J connectivity index is 1.81. The van der Waals surface area contributed by atoms with Gasteiger partial charge in [-0.2, -0.15) is 0 Å². The predicted octanol–water partition coefficient (Wildman–Crippen LogP) is 5.69. The Morgan fingerprint density at radius 2 is 1.63 bits per heavy atom. The summed E-state index contributed by atoms with van der Waals surface area (Å²) in [6.07, 6.45) is 2.96. The summed E-state index contributed by atoms with van der Waals surface area (Å²) in [7, 11) is 0. The average molecular weight is 468 g/mol. The van der Waals surface area contributed by atoms with Crippen LogP contribution in [0.1, 0.15) is 52.9 Å². The molecular weight excluding hydrogens is 442 g/mol. The van der Waals surface area contributed by atoms with Crippen LogP contribution in [-0.4, -0.2) is 27.9 Å². The first-order valence-corrected chi connectivity index (χ1v) is 11.2. The number of benzene rings is 3. The van der Waals surface area contributed by atoms with Crippen LogP contribution in [0.15, 0.2) is 96.3 Å². The molecule has 0 bridgehead atoms. The van der Waals surface area contributed by atoms with E-state index in [9.17, 15) is 24.6 Å². The third kappa shape index (κ3) is 4.77. The summed E-state index contributed by atoms with van der Waals surface area (Å²) in [6, 6.07) is 21.7. The first-order valence-electron chi connectivity index (χ1n) is 11.2. The van der Waals surface area contributed by atoms with Gasteiger partial charge in [0.15, 0.2) is 11.5 Å². The normalized spacial score (nSPS) is 15.9. The predicted molar refractivity (Wildman–Crippen MR) is 134 cm³/mol. The zero-order valence-electron chi connectivity index (χ0n) is 19.4. The van der Waals surface area contributed by atoms with Crippen LogP contribution in [0.2, 0.25) is 0 Å². The van der Waals surface area contributed by atoms with Gasteiger partial charge in [0, 0.05) is 5.69 Å². The fourth-order valence-electron chi connectivity index (χ4n) is 4.12. The summed E-state index contributed by atoms with van der Waals surface area (Å²) in [4.78, 5) is 39.3. The molecule has 0 radical (unpaired) electrons. The molecule has 1 aliphatic rings. The molecule has 0 saturated carbocycles. The van der Waals surface area contributed by atoms with E-state index in [0.29, 0.717) is 5.56 Å². The smallest absolute Gasteiger partial charge is 0.335 e. The number of nitrogens with zero attached hydrogens (tertiary/aromatic N) is 1. The summed E-state index contributed by atoms with van der Waals surface area (Å²) in [5.74, 6) is -2.77. The fourth-order valence-corrected chi connectivity index (χ4v) is 4.12.